The van der Waals surface area contributed by atoms with Gasteiger partial charge in [-0.15, -0.1) is 0 Å². The van der Waals surface area contributed by atoms with E-state index in [0.717, 1.165) is 15.8 Å². The van der Waals surface area contributed by atoms with Gasteiger partial charge in [-0.2, -0.15) is 0 Å². The number of methoxy groups -OCH3 is 1. The van der Waals surface area contributed by atoms with E-state index < -0.39 is 5.91 Å². The number of amides is 1. The van der Waals surface area contributed by atoms with Crippen LogP contribution in [0.3, 0.4) is 0 Å². The molecule has 0 atom stereocenters. The molecule has 0 aliphatic carbocycles. The second kappa shape index (κ2) is 6.27. The van der Waals surface area contributed by atoms with Crippen molar-refractivity contribution in [3.63, 3.8) is 0 Å². The van der Waals surface area contributed by atoms with Crippen LogP contribution >= 0.6 is 15.9 Å². The van der Waals surface area contributed by atoms with Crippen LogP contribution in [0.5, 0.6) is 5.75 Å². The van der Waals surface area contributed by atoms with E-state index in [0.29, 0.717) is 13.0 Å². The van der Waals surface area contributed by atoms with Gasteiger partial charge < -0.3 is 10.1 Å². The molecule has 0 aromatic heterocycles. The third-order valence-corrected chi connectivity index (χ3v) is 2.54. The molecule has 0 aliphatic heterocycles. The van der Waals surface area contributed by atoms with E-state index in [4.69, 9.17) is 4.74 Å². The molecule has 5 heteroatoms. The van der Waals surface area contributed by atoms with Gasteiger partial charge in [-0.05, 0) is 30.2 Å². The minimum atomic E-state index is -0.603. The van der Waals surface area contributed by atoms with Crippen molar-refractivity contribution in [1.82, 2.24) is 5.32 Å². The zero-order chi connectivity index (χ0) is 12.0. The molecular formula is C11H12BrNO3. The number of carbonyl (C=O) groups excluding carboxylic acids is 2. The Morgan fingerprint density at radius 3 is 2.94 bits per heavy atom. The van der Waals surface area contributed by atoms with Crippen molar-refractivity contribution in [3.8, 4) is 5.75 Å². The molecule has 0 unspecified atom stereocenters. The van der Waals surface area contributed by atoms with E-state index in [1.165, 1.54) is 0 Å². The zero-order valence-corrected chi connectivity index (χ0v) is 10.4. The molecule has 0 radical (unpaired) electrons. The molecular weight excluding hydrogens is 274 g/mol. The number of hydrogen-bond donors (Lipinski definition) is 1. The van der Waals surface area contributed by atoms with Crippen LogP contribution in [0.15, 0.2) is 22.7 Å². The van der Waals surface area contributed by atoms with Gasteiger partial charge in [-0.3, -0.25) is 9.59 Å². The molecule has 16 heavy (non-hydrogen) atoms. The minimum absolute atomic E-state index is 0.262. The van der Waals surface area contributed by atoms with Crippen molar-refractivity contribution >= 4 is 28.1 Å². The number of hydrogen-bond acceptors (Lipinski definition) is 3. The van der Waals surface area contributed by atoms with Crippen molar-refractivity contribution in [2.24, 2.45) is 0 Å². The van der Waals surface area contributed by atoms with E-state index in [9.17, 15) is 9.59 Å². The molecule has 1 amide bonds. The summed E-state index contributed by atoms with van der Waals surface area (Å²) in [4.78, 5) is 20.8. The summed E-state index contributed by atoms with van der Waals surface area (Å²) in [5.74, 6) is 0.164. The lowest BCUT2D eigenvalue weighted by molar-refractivity contribution is -0.131. The molecule has 0 heterocycles. The lowest BCUT2D eigenvalue weighted by Crippen LogP contribution is -2.26. The first-order valence-electron chi connectivity index (χ1n) is 4.72. The van der Waals surface area contributed by atoms with Crippen molar-refractivity contribution in [2.45, 2.75) is 6.42 Å². The summed E-state index contributed by atoms with van der Waals surface area (Å²) >= 11 is 3.36. The van der Waals surface area contributed by atoms with Crippen molar-refractivity contribution in [1.29, 1.82) is 0 Å². The lowest BCUT2D eigenvalue weighted by atomic mass is 10.1. The van der Waals surface area contributed by atoms with Crippen molar-refractivity contribution in [2.75, 3.05) is 13.7 Å². The standard InChI is InChI=1S/C11H12BrNO3/c1-16-10-3-2-9(12)6-8(10)4-5-13-11(15)7-14/h2-3,6-7H,4-5H2,1H3,(H,13,15). The van der Waals surface area contributed by atoms with Crippen LogP contribution < -0.4 is 10.1 Å². The van der Waals surface area contributed by atoms with Gasteiger partial charge in [0.25, 0.3) is 5.91 Å². The monoisotopic (exact) mass is 285 g/mol. The van der Waals surface area contributed by atoms with Gasteiger partial charge in [0.15, 0.2) is 0 Å². The molecule has 4 nitrogen and oxygen atoms in total. The van der Waals surface area contributed by atoms with Crippen molar-refractivity contribution < 1.29 is 14.3 Å². The highest BCUT2D eigenvalue weighted by atomic mass is 79.9. The largest absolute Gasteiger partial charge is 0.496 e. The van der Waals surface area contributed by atoms with Crippen LogP contribution in [0.25, 0.3) is 0 Å². The fourth-order valence-corrected chi connectivity index (χ4v) is 1.71. The highest BCUT2D eigenvalue weighted by Crippen LogP contribution is 2.22. The Morgan fingerprint density at radius 1 is 1.56 bits per heavy atom. The first kappa shape index (κ1) is 12.7. The molecule has 0 bridgehead atoms. The second-order valence-corrected chi connectivity index (χ2v) is 4.03. The molecule has 1 aromatic carbocycles. The van der Waals surface area contributed by atoms with Gasteiger partial charge in [0.05, 0.1) is 7.11 Å². The third kappa shape index (κ3) is 3.66. The van der Waals surface area contributed by atoms with E-state index in [1.54, 1.807) is 7.11 Å². The SMILES string of the molecule is COc1ccc(Br)cc1CCNC(=O)C=O. The number of aldehydes is 1. The van der Waals surface area contributed by atoms with E-state index in [2.05, 4.69) is 21.2 Å². The second-order valence-electron chi connectivity index (χ2n) is 3.12. The molecule has 1 aromatic rings. The predicted octanol–water partition coefficient (Wildman–Crippen LogP) is 1.32. The zero-order valence-electron chi connectivity index (χ0n) is 8.83. The van der Waals surface area contributed by atoms with Gasteiger partial charge in [0, 0.05) is 11.0 Å². The normalized spacial score (nSPS) is 9.62. The first-order chi connectivity index (χ1) is 7.67. The fraction of sp³-hybridized carbons (Fsp3) is 0.273. The van der Waals surface area contributed by atoms with E-state index in [1.807, 2.05) is 18.2 Å². The summed E-state index contributed by atoms with van der Waals surface area (Å²) in [5.41, 5.74) is 0.975. The van der Waals surface area contributed by atoms with Crippen LogP contribution in [0.1, 0.15) is 5.56 Å². The maximum absolute atomic E-state index is 10.7. The number of carbonyl (C=O) groups is 2. The molecule has 0 aliphatic rings. The number of nitrogens with one attached hydrogen (secondary N) is 1. The van der Waals surface area contributed by atoms with Crippen molar-refractivity contribution in [3.05, 3.63) is 28.2 Å². The lowest BCUT2D eigenvalue weighted by Gasteiger charge is -2.08. The molecule has 0 spiro atoms. The summed E-state index contributed by atoms with van der Waals surface area (Å²) in [6, 6.07) is 5.65. The van der Waals surface area contributed by atoms with Crippen LogP contribution in [-0.2, 0) is 16.0 Å². The molecule has 0 saturated heterocycles. The first-order valence-corrected chi connectivity index (χ1v) is 5.52. The number of ether oxygens (including phenoxy) is 1. The van der Waals surface area contributed by atoms with Crippen LogP contribution in [0, 0.1) is 0 Å². The molecule has 86 valence electrons. The summed E-state index contributed by atoms with van der Waals surface area (Å²) in [6.07, 6.45) is 0.875. The summed E-state index contributed by atoms with van der Waals surface area (Å²) in [5, 5.41) is 2.47. The Morgan fingerprint density at radius 2 is 2.31 bits per heavy atom. The van der Waals surface area contributed by atoms with Gasteiger partial charge >= 0.3 is 0 Å². The Kier molecular flexibility index (Phi) is 4.98. The Hall–Kier alpha value is -1.36. The van der Waals surface area contributed by atoms with Gasteiger partial charge in [0.1, 0.15) is 5.75 Å². The molecule has 1 rings (SSSR count). The summed E-state index contributed by atoms with van der Waals surface area (Å²) in [7, 11) is 1.59. The third-order valence-electron chi connectivity index (χ3n) is 2.04. The van der Waals surface area contributed by atoms with Gasteiger partial charge in [0.2, 0.25) is 6.29 Å². The number of rotatable bonds is 5. The van der Waals surface area contributed by atoms with Crippen LogP contribution in [-0.4, -0.2) is 25.8 Å². The Labute approximate surface area is 102 Å². The van der Waals surface area contributed by atoms with E-state index >= 15 is 0 Å². The van der Waals surface area contributed by atoms with Crippen LogP contribution in [0.4, 0.5) is 0 Å². The summed E-state index contributed by atoms with van der Waals surface area (Å²) < 4.78 is 6.13. The average molecular weight is 286 g/mol. The highest BCUT2D eigenvalue weighted by Gasteiger charge is 2.04. The van der Waals surface area contributed by atoms with E-state index in [-0.39, 0.29) is 6.29 Å². The average Bonchev–Trinajstić information content (AvgIpc) is 2.29. The smallest absolute Gasteiger partial charge is 0.284 e. The quantitative estimate of drug-likeness (QED) is 0.656. The molecule has 0 fully saturated rings. The predicted molar refractivity (Wildman–Crippen MR) is 63.5 cm³/mol. The van der Waals surface area contributed by atoms with Crippen LogP contribution in [0.2, 0.25) is 0 Å². The topological polar surface area (TPSA) is 55.4 Å². The number of benzene rings is 1. The number of halogens is 1. The minimum Gasteiger partial charge on any atom is -0.496 e. The van der Waals surface area contributed by atoms with Gasteiger partial charge in [-0.25, -0.2) is 0 Å². The highest BCUT2D eigenvalue weighted by molar-refractivity contribution is 9.10. The molecule has 1 N–H and O–H groups in total. The Bertz CT molecular complexity index is 393. The van der Waals surface area contributed by atoms with Gasteiger partial charge in [-0.1, -0.05) is 15.9 Å². The maximum atomic E-state index is 10.7. The maximum Gasteiger partial charge on any atom is 0.284 e. The summed E-state index contributed by atoms with van der Waals surface area (Å²) in [6.45, 7) is 0.407. The Balaban J connectivity index is 2.61. The molecule has 0 saturated carbocycles. The fourth-order valence-electron chi connectivity index (χ4n) is 1.30.